The number of hydrogen-bond acceptors (Lipinski definition) is 5. The largest absolute Gasteiger partial charge is 0.468 e. The zero-order valence-corrected chi connectivity index (χ0v) is 11.4. The van der Waals surface area contributed by atoms with Gasteiger partial charge in [-0.2, -0.15) is 0 Å². The van der Waals surface area contributed by atoms with Gasteiger partial charge < -0.3 is 14.4 Å². The quantitative estimate of drug-likeness (QED) is 0.626. The van der Waals surface area contributed by atoms with Gasteiger partial charge >= 0.3 is 11.9 Å². The number of ether oxygens (including phenoxy) is 2. The first-order valence-electron chi connectivity index (χ1n) is 5.85. The molecule has 1 atom stereocenters. The molecule has 0 spiro atoms. The molecule has 0 saturated heterocycles. The summed E-state index contributed by atoms with van der Waals surface area (Å²) in [5.41, 5.74) is 0. The molecule has 0 heterocycles. The Morgan fingerprint density at radius 3 is 1.83 bits per heavy atom. The minimum atomic E-state index is -0.559. The molecule has 0 aliphatic carbocycles. The van der Waals surface area contributed by atoms with Crippen LogP contribution in [-0.2, 0) is 23.9 Å². The molecule has 0 N–H and O–H groups in total. The predicted molar refractivity (Wildman–Crippen MR) is 64.7 cm³/mol. The fraction of sp³-hybridized carbons (Fsp3) is 0.750. The SMILES string of the molecule is CCC(C)CC(=O)N(CC(=O)OC)CC(=O)OC. The van der Waals surface area contributed by atoms with Gasteiger partial charge in [-0.05, 0) is 5.92 Å². The van der Waals surface area contributed by atoms with Crippen molar-refractivity contribution in [2.45, 2.75) is 26.7 Å². The summed E-state index contributed by atoms with van der Waals surface area (Å²) in [5.74, 6) is -1.16. The van der Waals surface area contributed by atoms with E-state index in [1.165, 1.54) is 14.2 Å². The van der Waals surface area contributed by atoms with Crippen LogP contribution in [0.3, 0.4) is 0 Å². The normalized spacial score (nSPS) is 11.6. The zero-order chi connectivity index (χ0) is 14.1. The van der Waals surface area contributed by atoms with Gasteiger partial charge in [-0.1, -0.05) is 20.3 Å². The van der Waals surface area contributed by atoms with Crippen molar-refractivity contribution in [3.8, 4) is 0 Å². The summed E-state index contributed by atoms with van der Waals surface area (Å²) < 4.78 is 8.98. The summed E-state index contributed by atoms with van der Waals surface area (Å²) in [6.45, 7) is 3.44. The van der Waals surface area contributed by atoms with E-state index in [0.29, 0.717) is 6.42 Å². The maximum atomic E-state index is 11.9. The van der Waals surface area contributed by atoms with Crippen molar-refractivity contribution in [3.05, 3.63) is 0 Å². The molecule has 0 saturated carbocycles. The number of carbonyl (C=O) groups excluding carboxylic acids is 3. The first-order chi connectivity index (χ1) is 8.44. The van der Waals surface area contributed by atoms with E-state index in [0.717, 1.165) is 11.3 Å². The highest BCUT2D eigenvalue weighted by atomic mass is 16.5. The smallest absolute Gasteiger partial charge is 0.325 e. The fourth-order valence-corrected chi connectivity index (χ4v) is 1.24. The lowest BCUT2D eigenvalue weighted by molar-refractivity contribution is -0.152. The fourth-order valence-electron chi connectivity index (χ4n) is 1.24. The number of amides is 1. The zero-order valence-electron chi connectivity index (χ0n) is 11.4. The van der Waals surface area contributed by atoms with Gasteiger partial charge in [-0.15, -0.1) is 0 Å². The van der Waals surface area contributed by atoms with E-state index in [2.05, 4.69) is 9.47 Å². The Balaban J connectivity index is 4.58. The molecule has 0 aliphatic rings. The van der Waals surface area contributed by atoms with Crippen LogP contribution >= 0.6 is 0 Å². The van der Waals surface area contributed by atoms with Crippen LogP contribution in [0.2, 0.25) is 0 Å². The summed E-state index contributed by atoms with van der Waals surface area (Å²) >= 11 is 0. The molecule has 6 heteroatoms. The van der Waals surface area contributed by atoms with Gasteiger partial charge in [-0.3, -0.25) is 14.4 Å². The molecule has 1 unspecified atom stereocenters. The van der Waals surface area contributed by atoms with Crippen molar-refractivity contribution in [1.29, 1.82) is 0 Å². The Morgan fingerprint density at radius 1 is 1.06 bits per heavy atom. The molecule has 0 aliphatic heterocycles. The van der Waals surface area contributed by atoms with Crippen molar-refractivity contribution < 1.29 is 23.9 Å². The maximum absolute atomic E-state index is 11.9. The van der Waals surface area contributed by atoms with Crippen LogP contribution in [0.4, 0.5) is 0 Å². The van der Waals surface area contributed by atoms with Gasteiger partial charge in [0.25, 0.3) is 0 Å². The summed E-state index contributed by atoms with van der Waals surface area (Å²) in [7, 11) is 2.47. The minimum absolute atomic E-state index is 0.204. The molecule has 0 fully saturated rings. The third-order valence-electron chi connectivity index (χ3n) is 2.67. The number of methoxy groups -OCH3 is 2. The molecule has 0 aromatic heterocycles. The lowest BCUT2D eigenvalue weighted by atomic mass is 10.0. The predicted octanol–water partition coefficient (Wildman–Crippen LogP) is 0.597. The standard InChI is InChI=1S/C12H21NO5/c1-5-9(2)6-10(14)13(7-11(15)17-3)8-12(16)18-4/h9H,5-8H2,1-4H3. The van der Waals surface area contributed by atoms with E-state index in [1.807, 2.05) is 13.8 Å². The molecule has 0 rings (SSSR count). The summed E-state index contributed by atoms with van der Waals surface area (Å²) in [6, 6.07) is 0. The Kier molecular flexibility index (Phi) is 7.74. The topological polar surface area (TPSA) is 72.9 Å². The van der Waals surface area contributed by atoms with Crippen LogP contribution in [-0.4, -0.2) is 50.1 Å². The first-order valence-corrected chi connectivity index (χ1v) is 5.85. The van der Waals surface area contributed by atoms with Crippen LogP contribution in [0.1, 0.15) is 26.7 Å². The van der Waals surface area contributed by atoms with Crippen LogP contribution in [0.25, 0.3) is 0 Å². The van der Waals surface area contributed by atoms with Gasteiger partial charge in [0.15, 0.2) is 0 Å². The van der Waals surface area contributed by atoms with Gasteiger partial charge in [0, 0.05) is 6.42 Å². The first kappa shape index (κ1) is 16.4. The molecule has 0 aromatic carbocycles. The highest BCUT2D eigenvalue weighted by Gasteiger charge is 2.22. The number of nitrogens with zero attached hydrogens (tertiary/aromatic N) is 1. The van der Waals surface area contributed by atoms with E-state index in [-0.39, 0.29) is 24.9 Å². The molecule has 18 heavy (non-hydrogen) atoms. The van der Waals surface area contributed by atoms with E-state index in [1.54, 1.807) is 0 Å². The van der Waals surface area contributed by atoms with Crippen molar-refractivity contribution in [1.82, 2.24) is 4.90 Å². The Labute approximate surface area is 107 Å². The summed E-state index contributed by atoms with van der Waals surface area (Å²) in [6.07, 6.45) is 1.15. The van der Waals surface area contributed by atoms with E-state index in [9.17, 15) is 14.4 Å². The number of carbonyl (C=O) groups is 3. The lowest BCUT2D eigenvalue weighted by Gasteiger charge is -2.21. The molecule has 6 nitrogen and oxygen atoms in total. The second-order valence-corrected chi connectivity index (χ2v) is 4.12. The molecule has 0 aromatic rings. The van der Waals surface area contributed by atoms with Crippen LogP contribution in [0.15, 0.2) is 0 Å². The molecular weight excluding hydrogens is 238 g/mol. The van der Waals surface area contributed by atoms with Gasteiger partial charge in [0.05, 0.1) is 14.2 Å². The van der Waals surface area contributed by atoms with E-state index < -0.39 is 11.9 Å². The lowest BCUT2D eigenvalue weighted by Crippen LogP contribution is -2.40. The third kappa shape index (κ3) is 6.22. The number of rotatable bonds is 7. The Bertz CT molecular complexity index is 285. The van der Waals surface area contributed by atoms with Crippen molar-refractivity contribution in [2.24, 2.45) is 5.92 Å². The molecular formula is C12H21NO5. The van der Waals surface area contributed by atoms with Crippen LogP contribution in [0.5, 0.6) is 0 Å². The third-order valence-corrected chi connectivity index (χ3v) is 2.67. The van der Waals surface area contributed by atoms with Crippen molar-refractivity contribution >= 4 is 17.8 Å². The van der Waals surface area contributed by atoms with Gasteiger partial charge in [0.2, 0.25) is 5.91 Å². The van der Waals surface area contributed by atoms with Gasteiger partial charge in [0.1, 0.15) is 13.1 Å². The summed E-state index contributed by atoms with van der Waals surface area (Å²) in [4.78, 5) is 35.4. The average molecular weight is 259 g/mol. The monoisotopic (exact) mass is 259 g/mol. The van der Waals surface area contributed by atoms with E-state index in [4.69, 9.17) is 0 Å². The average Bonchev–Trinajstić information content (AvgIpc) is 2.36. The van der Waals surface area contributed by atoms with Crippen molar-refractivity contribution in [2.75, 3.05) is 27.3 Å². The molecule has 0 bridgehead atoms. The van der Waals surface area contributed by atoms with Gasteiger partial charge in [-0.25, -0.2) is 0 Å². The molecule has 0 radical (unpaired) electrons. The van der Waals surface area contributed by atoms with Crippen LogP contribution in [0, 0.1) is 5.92 Å². The summed E-state index contributed by atoms with van der Waals surface area (Å²) in [5, 5.41) is 0. The second-order valence-electron chi connectivity index (χ2n) is 4.12. The van der Waals surface area contributed by atoms with Crippen LogP contribution < -0.4 is 0 Å². The van der Waals surface area contributed by atoms with E-state index >= 15 is 0 Å². The Morgan fingerprint density at radius 2 is 1.50 bits per heavy atom. The minimum Gasteiger partial charge on any atom is -0.468 e. The highest BCUT2D eigenvalue weighted by Crippen LogP contribution is 2.09. The molecule has 104 valence electrons. The number of hydrogen-bond donors (Lipinski definition) is 0. The number of esters is 2. The Hall–Kier alpha value is -1.59. The maximum Gasteiger partial charge on any atom is 0.325 e. The molecule has 1 amide bonds. The highest BCUT2D eigenvalue weighted by molar-refractivity contribution is 5.86. The van der Waals surface area contributed by atoms with Crippen molar-refractivity contribution in [3.63, 3.8) is 0 Å². The second kappa shape index (κ2) is 8.49.